The quantitative estimate of drug-likeness (QED) is 0.280. The summed E-state index contributed by atoms with van der Waals surface area (Å²) in [6, 6.07) is 12.5. The molecule has 0 aromatic heterocycles. The molecule has 4 nitrogen and oxygen atoms in total. The Balaban J connectivity index is 2.51. The standard InChI is InChI=1S/C18H17NO3/c1-4-8-14-11-17(21-2)18(22-3)12-15(14)13-19(20)16-9-6-5-7-10-16/h1,5-7,9-13H,8H2,2-3H3/b19-13-. The van der Waals surface area contributed by atoms with Gasteiger partial charge in [0.2, 0.25) is 5.69 Å². The van der Waals surface area contributed by atoms with E-state index in [-0.39, 0.29) is 0 Å². The highest BCUT2D eigenvalue weighted by atomic mass is 16.5. The number of methoxy groups -OCH3 is 2. The third-order valence-corrected chi connectivity index (χ3v) is 3.20. The zero-order valence-electron chi connectivity index (χ0n) is 12.6. The molecule has 0 bridgehead atoms. The van der Waals surface area contributed by atoms with Crippen molar-refractivity contribution in [2.24, 2.45) is 0 Å². The first-order valence-electron chi connectivity index (χ1n) is 6.74. The van der Waals surface area contributed by atoms with Gasteiger partial charge in [0.1, 0.15) is 0 Å². The average molecular weight is 295 g/mol. The van der Waals surface area contributed by atoms with Crippen LogP contribution in [0, 0.1) is 17.6 Å². The van der Waals surface area contributed by atoms with E-state index in [0.29, 0.717) is 29.2 Å². The Kier molecular flexibility index (Phi) is 5.05. The predicted octanol–water partition coefficient (Wildman–Crippen LogP) is 3.14. The Hall–Kier alpha value is -2.93. The van der Waals surface area contributed by atoms with E-state index in [1.165, 1.54) is 6.21 Å². The molecule has 2 rings (SSSR count). The van der Waals surface area contributed by atoms with Crippen LogP contribution in [0.15, 0.2) is 42.5 Å². The SMILES string of the molecule is C#CCc1cc(OC)c(OC)cc1/C=[N+](\[O-])c1ccccc1. The van der Waals surface area contributed by atoms with Crippen LogP contribution < -0.4 is 9.47 Å². The van der Waals surface area contributed by atoms with Gasteiger partial charge in [0.15, 0.2) is 17.7 Å². The summed E-state index contributed by atoms with van der Waals surface area (Å²) in [6.45, 7) is 0. The molecule has 0 radical (unpaired) electrons. The molecule has 0 atom stereocenters. The number of terminal acetylenes is 1. The van der Waals surface area contributed by atoms with Gasteiger partial charge in [0, 0.05) is 24.1 Å². The number of para-hydroxylation sites is 1. The lowest BCUT2D eigenvalue weighted by Crippen LogP contribution is -2.03. The molecule has 0 amide bonds. The largest absolute Gasteiger partial charge is 0.618 e. The van der Waals surface area contributed by atoms with Gasteiger partial charge >= 0.3 is 0 Å². The first-order valence-corrected chi connectivity index (χ1v) is 6.74. The zero-order valence-corrected chi connectivity index (χ0v) is 12.6. The van der Waals surface area contributed by atoms with Crippen LogP contribution in [0.25, 0.3) is 0 Å². The van der Waals surface area contributed by atoms with Crippen molar-refractivity contribution in [1.29, 1.82) is 0 Å². The highest BCUT2D eigenvalue weighted by Gasteiger charge is 2.12. The first kappa shape index (κ1) is 15.5. The van der Waals surface area contributed by atoms with Crippen molar-refractivity contribution in [3.8, 4) is 23.8 Å². The van der Waals surface area contributed by atoms with Gasteiger partial charge in [-0.15, -0.1) is 12.3 Å². The molecule has 0 saturated heterocycles. The van der Waals surface area contributed by atoms with Crippen molar-refractivity contribution in [2.75, 3.05) is 14.2 Å². The lowest BCUT2D eigenvalue weighted by Gasteiger charge is -2.11. The molecular weight excluding hydrogens is 278 g/mol. The lowest BCUT2D eigenvalue weighted by atomic mass is 10.0. The van der Waals surface area contributed by atoms with Crippen molar-refractivity contribution >= 4 is 11.9 Å². The summed E-state index contributed by atoms with van der Waals surface area (Å²) >= 11 is 0. The minimum atomic E-state index is 0.398. The maximum Gasteiger partial charge on any atom is 0.216 e. The predicted molar refractivity (Wildman–Crippen MR) is 87.0 cm³/mol. The van der Waals surface area contributed by atoms with E-state index in [4.69, 9.17) is 15.9 Å². The molecule has 0 saturated carbocycles. The van der Waals surface area contributed by atoms with Gasteiger partial charge in [-0.25, -0.2) is 0 Å². The molecule has 0 aliphatic rings. The normalized spacial score (nSPS) is 10.9. The van der Waals surface area contributed by atoms with Crippen LogP contribution in [0.2, 0.25) is 0 Å². The molecule has 2 aromatic rings. The van der Waals surface area contributed by atoms with Crippen molar-refractivity contribution in [1.82, 2.24) is 0 Å². The number of nitrogens with zero attached hydrogens (tertiary/aromatic N) is 1. The van der Waals surface area contributed by atoms with E-state index in [9.17, 15) is 5.21 Å². The average Bonchev–Trinajstić information content (AvgIpc) is 2.56. The van der Waals surface area contributed by atoms with Gasteiger partial charge in [-0.2, -0.15) is 4.74 Å². The topological polar surface area (TPSA) is 44.5 Å². The summed E-state index contributed by atoms with van der Waals surface area (Å²) in [5.74, 6) is 3.73. The molecule has 0 unspecified atom stereocenters. The number of hydrogen-bond donors (Lipinski definition) is 0. The van der Waals surface area contributed by atoms with Crippen LogP contribution in [0.1, 0.15) is 11.1 Å². The Morgan fingerprint density at radius 2 is 1.77 bits per heavy atom. The smallest absolute Gasteiger partial charge is 0.216 e. The molecule has 22 heavy (non-hydrogen) atoms. The van der Waals surface area contributed by atoms with Gasteiger partial charge in [-0.3, -0.25) is 0 Å². The Morgan fingerprint density at radius 3 is 2.36 bits per heavy atom. The van der Waals surface area contributed by atoms with Gasteiger partial charge in [0.05, 0.1) is 14.2 Å². The maximum absolute atomic E-state index is 12.3. The summed E-state index contributed by atoms with van der Waals surface area (Å²) in [7, 11) is 3.11. The van der Waals surface area contributed by atoms with Crippen molar-refractivity contribution in [3.63, 3.8) is 0 Å². The molecule has 0 spiro atoms. The molecule has 0 heterocycles. The maximum atomic E-state index is 12.3. The fraction of sp³-hybridized carbons (Fsp3) is 0.167. The third-order valence-electron chi connectivity index (χ3n) is 3.20. The summed E-state index contributed by atoms with van der Waals surface area (Å²) < 4.78 is 11.4. The molecule has 2 aromatic carbocycles. The lowest BCUT2D eigenvalue weighted by molar-refractivity contribution is -0.354. The first-order chi connectivity index (χ1) is 10.7. The van der Waals surface area contributed by atoms with E-state index < -0.39 is 0 Å². The molecule has 4 heteroatoms. The Labute approximate surface area is 130 Å². The number of hydrogen-bond acceptors (Lipinski definition) is 3. The van der Waals surface area contributed by atoms with Gasteiger partial charge in [-0.05, 0) is 17.7 Å². The third kappa shape index (κ3) is 3.39. The number of rotatable bonds is 5. The van der Waals surface area contributed by atoms with Crippen molar-refractivity contribution in [3.05, 3.63) is 58.8 Å². The van der Waals surface area contributed by atoms with Crippen LogP contribution in [-0.4, -0.2) is 25.2 Å². The van der Waals surface area contributed by atoms with Crippen LogP contribution >= 0.6 is 0 Å². The summed E-state index contributed by atoms with van der Waals surface area (Å²) in [4.78, 5) is 0. The molecule has 0 N–H and O–H groups in total. The second-order valence-electron chi connectivity index (χ2n) is 4.58. The van der Waals surface area contributed by atoms with Gasteiger partial charge in [0.25, 0.3) is 0 Å². The number of ether oxygens (including phenoxy) is 2. The Bertz CT molecular complexity index is 715. The van der Waals surface area contributed by atoms with E-state index in [0.717, 1.165) is 10.3 Å². The highest BCUT2D eigenvalue weighted by molar-refractivity contribution is 5.81. The van der Waals surface area contributed by atoms with Gasteiger partial charge in [-0.1, -0.05) is 18.2 Å². The van der Waals surface area contributed by atoms with Crippen LogP contribution in [0.4, 0.5) is 5.69 Å². The minimum Gasteiger partial charge on any atom is -0.618 e. The van der Waals surface area contributed by atoms with E-state index in [1.54, 1.807) is 38.5 Å². The van der Waals surface area contributed by atoms with Gasteiger partial charge < -0.3 is 14.7 Å². The molecule has 0 fully saturated rings. The van der Waals surface area contributed by atoms with Crippen LogP contribution in [-0.2, 0) is 6.42 Å². The summed E-state index contributed by atoms with van der Waals surface area (Å²) in [5.41, 5.74) is 2.08. The fourth-order valence-electron chi connectivity index (χ4n) is 2.10. The fourth-order valence-corrected chi connectivity index (χ4v) is 2.10. The van der Waals surface area contributed by atoms with E-state index >= 15 is 0 Å². The zero-order chi connectivity index (χ0) is 15.9. The summed E-state index contributed by atoms with van der Waals surface area (Å²) in [6.07, 6.45) is 7.29. The second-order valence-corrected chi connectivity index (χ2v) is 4.58. The minimum absolute atomic E-state index is 0.398. The monoisotopic (exact) mass is 295 g/mol. The molecule has 0 aliphatic heterocycles. The van der Waals surface area contributed by atoms with Crippen LogP contribution in [0.5, 0.6) is 11.5 Å². The highest BCUT2D eigenvalue weighted by Crippen LogP contribution is 2.30. The van der Waals surface area contributed by atoms with E-state index in [2.05, 4.69) is 5.92 Å². The van der Waals surface area contributed by atoms with Crippen LogP contribution in [0.3, 0.4) is 0 Å². The molecule has 0 aliphatic carbocycles. The molecule has 112 valence electrons. The van der Waals surface area contributed by atoms with E-state index in [1.807, 2.05) is 18.2 Å². The molecular formula is C18H17NO3. The van der Waals surface area contributed by atoms with Crippen molar-refractivity contribution in [2.45, 2.75) is 6.42 Å². The Morgan fingerprint density at radius 1 is 1.14 bits per heavy atom. The number of benzene rings is 2. The summed E-state index contributed by atoms with van der Waals surface area (Å²) in [5, 5.41) is 12.3. The second kappa shape index (κ2) is 7.19. The van der Waals surface area contributed by atoms with Crippen molar-refractivity contribution < 1.29 is 14.2 Å².